The molecule has 3 heteroatoms. The maximum absolute atomic E-state index is 4.71. The second-order valence-corrected chi connectivity index (χ2v) is 6.22. The van der Waals surface area contributed by atoms with E-state index in [-0.39, 0.29) is 0 Å². The molecule has 1 fully saturated rings. The normalized spacial score (nSPS) is 23.8. The quantitative estimate of drug-likeness (QED) is 0.807. The van der Waals surface area contributed by atoms with Crippen LogP contribution in [-0.4, -0.2) is 23.4 Å². The van der Waals surface area contributed by atoms with Crippen LogP contribution in [0.15, 0.2) is 6.07 Å². The van der Waals surface area contributed by atoms with Gasteiger partial charge < -0.3 is 5.32 Å². The van der Waals surface area contributed by atoms with E-state index in [0.717, 1.165) is 24.8 Å². The van der Waals surface area contributed by atoms with Gasteiger partial charge in [0.25, 0.3) is 0 Å². The highest BCUT2D eigenvalue weighted by Gasteiger charge is 2.24. The van der Waals surface area contributed by atoms with E-state index in [4.69, 9.17) is 5.10 Å². The van der Waals surface area contributed by atoms with E-state index in [1.54, 1.807) is 0 Å². The molecule has 1 N–H and O–H groups in total. The van der Waals surface area contributed by atoms with E-state index in [1.807, 2.05) is 0 Å². The van der Waals surface area contributed by atoms with Crippen molar-refractivity contribution in [2.75, 3.05) is 13.6 Å². The lowest BCUT2D eigenvalue weighted by Gasteiger charge is -2.25. The van der Waals surface area contributed by atoms with Crippen molar-refractivity contribution in [3.8, 4) is 0 Å². The van der Waals surface area contributed by atoms with Gasteiger partial charge in [0.15, 0.2) is 0 Å². The van der Waals surface area contributed by atoms with Crippen LogP contribution in [0.3, 0.4) is 0 Å². The molecule has 2 unspecified atom stereocenters. The van der Waals surface area contributed by atoms with E-state index in [1.165, 1.54) is 56.5 Å². The van der Waals surface area contributed by atoms with Crippen molar-refractivity contribution in [2.24, 2.45) is 11.8 Å². The van der Waals surface area contributed by atoms with E-state index in [9.17, 15) is 0 Å². The first-order chi connectivity index (χ1) is 9.78. The molecule has 1 heterocycles. The smallest absolute Gasteiger partial charge is 0.0624 e. The van der Waals surface area contributed by atoms with Gasteiger partial charge in [-0.3, -0.25) is 4.68 Å². The fourth-order valence-corrected chi connectivity index (χ4v) is 3.66. The highest BCUT2D eigenvalue weighted by Crippen LogP contribution is 2.31. The molecule has 1 aliphatic carbocycles. The van der Waals surface area contributed by atoms with E-state index in [0.29, 0.717) is 0 Å². The molecular formula is C17H31N3. The predicted octanol–water partition coefficient (Wildman–Crippen LogP) is 3.42. The summed E-state index contributed by atoms with van der Waals surface area (Å²) in [6.45, 7) is 6.57. The number of aryl methyl sites for hydroxylation is 2. The molecule has 1 saturated carbocycles. The minimum absolute atomic E-state index is 0.830. The molecule has 2 rings (SSSR count). The molecule has 0 aliphatic heterocycles. The number of aromatic nitrogens is 2. The summed E-state index contributed by atoms with van der Waals surface area (Å²) in [5.41, 5.74) is 2.71. The molecule has 0 aromatic carbocycles. The third kappa shape index (κ3) is 3.85. The van der Waals surface area contributed by atoms with Gasteiger partial charge in [0.1, 0.15) is 0 Å². The van der Waals surface area contributed by atoms with Crippen LogP contribution in [0, 0.1) is 11.8 Å². The lowest BCUT2D eigenvalue weighted by Crippen LogP contribution is -2.27. The van der Waals surface area contributed by atoms with Crippen LogP contribution in [0.25, 0.3) is 0 Å². The minimum atomic E-state index is 0.830. The standard InChI is InChI=1S/C17H31N3/c1-4-16-12-17(20(5-2)19-16)11-14-9-7-6-8-10-15(14)13-18-3/h12,14-15,18H,4-11,13H2,1-3H3. The monoisotopic (exact) mass is 277 g/mol. The summed E-state index contributed by atoms with van der Waals surface area (Å²) in [6.07, 6.45) is 9.29. The number of nitrogens with one attached hydrogen (secondary N) is 1. The van der Waals surface area contributed by atoms with Crippen molar-refractivity contribution in [2.45, 2.75) is 65.3 Å². The Morgan fingerprint density at radius 3 is 2.60 bits per heavy atom. The van der Waals surface area contributed by atoms with Crippen molar-refractivity contribution < 1.29 is 0 Å². The zero-order chi connectivity index (χ0) is 14.4. The van der Waals surface area contributed by atoms with Crippen LogP contribution in [-0.2, 0) is 19.4 Å². The zero-order valence-corrected chi connectivity index (χ0v) is 13.5. The van der Waals surface area contributed by atoms with Crippen molar-refractivity contribution in [3.05, 3.63) is 17.5 Å². The molecule has 3 nitrogen and oxygen atoms in total. The summed E-state index contributed by atoms with van der Waals surface area (Å²) in [5.74, 6) is 1.67. The Balaban J connectivity index is 2.10. The molecule has 0 radical (unpaired) electrons. The molecule has 0 bridgehead atoms. The van der Waals surface area contributed by atoms with Gasteiger partial charge >= 0.3 is 0 Å². The first-order valence-corrected chi connectivity index (χ1v) is 8.48. The van der Waals surface area contributed by atoms with Gasteiger partial charge in [-0.2, -0.15) is 5.10 Å². The van der Waals surface area contributed by atoms with Gasteiger partial charge in [0.2, 0.25) is 0 Å². The Kier molecular flexibility index (Phi) is 6.08. The molecular weight excluding hydrogens is 246 g/mol. The van der Waals surface area contributed by atoms with Crippen LogP contribution in [0.5, 0.6) is 0 Å². The topological polar surface area (TPSA) is 29.9 Å². The number of rotatable bonds is 6. The molecule has 0 spiro atoms. The molecule has 1 aromatic heterocycles. The third-order valence-electron chi connectivity index (χ3n) is 4.83. The summed E-state index contributed by atoms with van der Waals surface area (Å²) < 4.78 is 2.22. The molecule has 20 heavy (non-hydrogen) atoms. The maximum Gasteiger partial charge on any atom is 0.0624 e. The first kappa shape index (κ1) is 15.6. The first-order valence-electron chi connectivity index (χ1n) is 8.48. The lowest BCUT2D eigenvalue weighted by atomic mass is 9.84. The van der Waals surface area contributed by atoms with Crippen LogP contribution in [0.1, 0.15) is 57.3 Å². The van der Waals surface area contributed by atoms with Crippen LogP contribution >= 0.6 is 0 Å². The molecule has 0 saturated heterocycles. The number of hydrogen-bond donors (Lipinski definition) is 1. The van der Waals surface area contributed by atoms with Gasteiger partial charge in [-0.25, -0.2) is 0 Å². The molecule has 1 aliphatic rings. The third-order valence-corrected chi connectivity index (χ3v) is 4.83. The fourth-order valence-electron chi connectivity index (χ4n) is 3.66. The summed E-state index contributed by atoms with van der Waals surface area (Å²) >= 11 is 0. The van der Waals surface area contributed by atoms with Crippen molar-refractivity contribution >= 4 is 0 Å². The van der Waals surface area contributed by atoms with Gasteiger partial charge in [0, 0.05) is 12.2 Å². The summed E-state index contributed by atoms with van der Waals surface area (Å²) in [6, 6.07) is 2.34. The maximum atomic E-state index is 4.71. The minimum Gasteiger partial charge on any atom is -0.319 e. The van der Waals surface area contributed by atoms with Crippen molar-refractivity contribution in [1.29, 1.82) is 0 Å². The fraction of sp³-hybridized carbons (Fsp3) is 0.824. The Morgan fingerprint density at radius 2 is 1.95 bits per heavy atom. The number of nitrogens with zero attached hydrogens (tertiary/aromatic N) is 2. The van der Waals surface area contributed by atoms with E-state index < -0.39 is 0 Å². The second-order valence-electron chi connectivity index (χ2n) is 6.22. The largest absolute Gasteiger partial charge is 0.319 e. The number of hydrogen-bond acceptors (Lipinski definition) is 2. The Labute approximate surface area is 124 Å². The highest BCUT2D eigenvalue weighted by atomic mass is 15.3. The van der Waals surface area contributed by atoms with Crippen LogP contribution in [0.4, 0.5) is 0 Å². The predicted molar refractivity (Wildman–Crippen MR) is 85.0 cm³/mol. The lowest BCUT2D eigenvalue weighted by molar-refractivity contribution is 0.298. The highest BCUT2D eigenvalue weighted by molar-refractivity contribution is 5.11. The molecule has 1 aromatic rings. The Morgan fingerprint density at radius 1 is 1.20 bits per heavy atom. The summed E-state index contributed by atoms with van der Waals surface area (Å²) in [5, 5.41) is 8.11. The Hall–Kier alpha value is -0.830. The van der Waals surface area contributed by atoms with Gasteiger partial charge in [-0.05, 0) is 64.1 Å². The molecule has 2 atom stereocenters. The van der Waals surface area contributed by atoms with Gasteiger partial charge in [0.05, 0.1) is 5.69 Å². The molecule has 114 valence electrons. The van der Waals surface area contributed by atoms with Crippen LogP contribution < -0.4 is 5.32 Å². The molecule has 0 amide bonds. The van der Waals surface area contributed by atoms with E-state index in [2.05, 4.69) is 37.0 Å². The average molecular weight is 277 g/mol. The van der Waals surface area contributed by atoms with Gasteiger partial charge in [-0.1, -0.05) is 26.2 Å². The van der Waals surface area contributed by atoms with Crippen molar-refractivity contribution in [1.82, 2.24) is 15.1 Å². The van der Waals surface area contributed by atoms with Gasteiger partial charge in [-0.15, -0.1) is 0 Å². The zero-order valence-electron chi connectivity index (χ0n) is 13.5. The average Bonchev–Trinajstić information content (AvgIpc) is 2.73. The van der Waals surface area contributed by atoms with Crippen LogP contribution in [0.2, 0.25) is 0 Å². The second kappa shape index (κ2) is 7.82. The summed E-state index contributed by atoms with van der Waals surface area (Å²) in [4.78, 5) is 0. The van der Waals surface area contributed by atoms with E-state index >= 15 is 0 Å². The SMILES string of the molecule is CCc1cc(CC2CCCCCC2CNC)n(CC)n1. The summed E-state index contributed by atoms with van der Waals surface area (Å²) in [7, 11) is 2.09. The van der Waals surface area contributed by atoms with Crippen molar-refractivity contribution in [3.63, 3.8) is 0 Å². The Bertz CT molecular complexity index is 397.